The van der Waals surface area contributed by atoms with Gasteiger partial charge in [-0.25, -0.2) is 4.98 Å². The van der Waals surface area contributed by atoms with Crippen LogP contribution >= 0.6 is 11.8 Å². The van der Waals surface area contributed by atoms with Gasteiger partial charge in [-0.05, 0) is 41.5 Å². The molecule has 0 fully saturated rings. The van der Waals surface area contributed by atoms with E-state index < -0.39 is 0 Å². The van der Waals surface area contributed by atoms with Gasteiger partial charge < -0.3 is 9.84 Å². The van der Waals surface area contributed by atoms with Gasteiger partial charge in [-0.1, -0.05) is 53.3 Å². The predicted octanol–water partition coefficient (Wildman–Crippen LogP) is 4.75. The lowest BCUT2D eigenvalue weighted by Crippen LogP contribution is -2.23. The van der Waals surface area contributed by atoms with E-state index in [1.165, 1.54) is 17.1 Å². The van der Waals surface area contributed by atoms with E-state index in [1.54, 1.807) is 18.3 Å². The minimum Gasteiger partial charge on any atom is -0.361 e. The second-order valence-electron chi connectivity index (χ2n) is 6.44. The Labute approximate surface area is 167 Å². The molecule has 140 valence electrons. The minimum atomic E-state index is -0.139. The zero-order valence-electron chi connectivity index (χ0n) is 15.4. The average Bonchev–Trinajstić information content (AvgIpc) is 3.15. The fourth-order valence-corrected chi connectivity index (χ4v) is 3.81. The number of aromatic nitrogens is 2. The molecule has 1 N–H and O–H groups in total. The Morgan fingerprint density at radius 1 is 1.07 bits per heavy atom. The summed E-state index contributed by atoms with van der Waals surface area (Å²) in [5.41, 5.74) is 2.45. The van der Waals surface area contributed by atoms with E-state index >= 15 is 0 Å². The average molecular weight is 389 g/mol. The molecule has 0 radical (unpaired) electrons. The third-order valence-electron chi connectivity index (χ3n) is 4.32. The fraction of sp³-hybridized carbons (Fsp3) is 0.136. The standard InChI is InChI=1S/C22H19N3O2S/c1-15-11-19(25-27-15)14-28-22-20(7-4-10-23-22)21(26)24-13-16-8-9-17-5-2-3-6-18(17)12-16/h2-12H,13-14H2,1H3,(H,24,26). The monoisotopic (exact) mass is 389 g/mol. The summed E-state index contributed by atoms with van der Waals surface area (Å²) in [5.74, 6) is 1.23. The lowest BCUT2D eigenvalue weighted by molar-refractivity contribution is 0.0947. The molecule has 0 atom stereocenters. The zero-order valence-corrected chi connectivity index (χ0v) is 16.2. The fourth-order valence-electron chi connectivity index (χ4n) is 2.93. The highest BCUT2D eigenvalue weighted by Gasteiger charge is 2.13. The number of hydrogen-bond donors (Lipinski definition) is 1. The normalized spacial score (nSPS) is 10.9. The van der Waals surface area contributed by atoms with Crippen molar-refractivity contribution in [2.45, 2.75) is 24.2 Å². The number of benzene rings is 2. The molecular weight excluding hydrogens is 370 g/mol. The Morgan fingerprint density at radius 2 is 1.93 bits per heavy atom. The van der Waals surface area contributed by atoms with Crippen LogP contribution in [0.25, 0.3) is 10.8 Å². The molecule has 0 bridgehead atoms. The van der Waals surface area contributed by atoms with Crippen molar-refractivity contribution in [3.63, 3.8) is 0 Å². The molecule has 0 spiro atoms. The maximum atomic E-state index is 12.7. The van der Waals surface area contributed by atoms with Crippen LogP contribution in [0.2, 0.25) is 0 Å². The maximum Gasteiger partial charge on any atom is 0.254 e. The van der Waals surface area contributed by atoms with E-state index in [0.29, 0.717) is 22.9 Å². The topological polar surface area (TPSA) is 68.0 Å². The van der Waals surface area contributed by atoms with Gasteiger partial charge in [-0.2, -0.15) is 0 Å². The first-order valence-corrected chi connectivity index (χ1v) is 9.93. The minimum absolute atomic E-state index is 0.139. The molecule has 28 heavy (non-hydrogen) atoms. The van der Waals surface area contributed by atoms with Crippen LogP contribution < -0.4 is 5.32 Å². The summed E-state index contributed by atoms with van der Waals surface area (Å²) < 4.78 is 5.09. The van der Waals surface area contributed by atoms with Gasteiger partial charge >= 0.3 is 0 Å². The number of fused-ring (bicyclic) bond motifs is 1. The summed E-state index contributed by atoms with van der Waals surface area (Å²) in [7, 11) is 0. The number of thioether (sulfide) groups is 1. The van der Waals surface area contributed by atoms with Crippen molar-refractivity contribution < 1.29 is 9.32 Å². The van der Waals surface area contributed by atoms with Gasteiger partial charge in [0.25, 0.3) is 5.91 Å². The van der Waals surface area contributed by atoms with Crippen molar-refractivity contribution >= 4 is 28.4 Å². The third-order valence-corrected chi connectivity index (χ3v) is 5.36. The molecule has 2 aromatic heterocycles. The van der Waals surface area contributed by atoms with E-state index in [9.17, 15) is 4.79 Å². The molecule has 0 aliphatic rings. The van der Waals surface area contributed by atoms with Crippen LogP contribution in [0, 0.1) is 6.92 Å². The van der Waals surface area contributed by atoms with Gasteiger partial charge in [0, 0.05) is 24.6 Å². The predicted molar refractivity (Wildman–Crippen MR) is 110 cm³/mol. The first-order valence-electron chi connectivity index (χ1n) is 8.95. The molecule has 0 saturated carbocycles. The summed E-state index contributed by atoms with van der Waals surface area (Å²) in [6.07, 6.45) is 1.69. The summed E-state index contributed by atoms with van der Waals surface area (Å²) in [5, 5.41) is 10.0. The molecule has 1 amide bonds. The van der Waals surface area contributed by atoms with E-state index in [2.05, 4.69) is 39.7 Å². The number of pyridine rings is 1. The van der Waals surface area contributed by atoms with E-state index in [-0.39, 0.29) is 5.91 Å². The highest BCUT2D eigenvalue weighted by molar-refractivity contribution is 7.98. The zero-order chi connectivity index (χ0) is 19.3. The number of amides is 1. The Morgan fingerprint density at radius 3 is 2.75 bits per heavy atom. The molecule has 5 nitrogen and oxygen atoms in total. The summed E-state index contributed by atoms with van der Waals surface area (Å²) in [4.78, 5) is 17.1. The van der Waals surface area contributed by atoms with Crippen LogP contribution in [0.1, 0.15) is 27.4 Å². The van der Waals surface area contributed by atoms with Crippen molar-refractivity contribution in [2.24, 2.45) is 0 Å². The number of aryl methyl sites for hydroxylation is 1. The van der Waals surface area contributed by atoms with Crippen LogP contribution in [0.15, 0.2) is 76.4 Å². The molecule has 0 unspecified atom stereocenters. The van der Waals surface area contributed by atoms with Gasteiger partial charge in [-0.3, -0.25) is 4.79 Å². The van der Waals surface area contributed by atoms with E-state index in [1.807, 2.05) is 31.2 Å². The Bertz CT molecular complexity index is 1120. The highest BCUT2D eigenvalue weighted by atomic mass is 32.2. The van der Waals surface area contributed by atoms with Crippen molar-refractivity contribution in [2.75, 3.05) is 0 Å². The van der Waals surface area contributed by atoms with Crippen LogP contribution in [0.4, 0.5) is 0 Å². The molecule has 2 heterocycles. The third kappa shape index (κ3) is 4.23. The smallest absolute Gasteiger partial charge is 0.254 e. The summed E-state index contributed by atoms with van der Waals surface area (Å²) >= 11 is 1.47. The van der Waals surface area contributed by atoms with Crippen LogP contribution in [0.5, 0.6) is 0 Å². The first kappa shape index (κ1) is 18.3. The van der Waals surface area contributed by atoms with Crippen molar-refractivity contribution in [3.8, 4) is 0 Å². The molecule has 4 rings (SSSR count). The highest BCUT2D eigenvalue weighted by Crippen LogP contribution is 2.24. The second kappa shape index (κ2) is 8.27. The molecule has 0 aliphatic carbocycles. The molecule has 0 aliphatic heterocycles. The number of nitrogens with zero attached hydrogens (tertiary/aromatic N) is 2. The van der Waals surface area contributed by atoms with Gasteiger partial charge in [0.15, 0.2) is 0 Å². The molecule has 2 aromatic carbocycles. The largest absolute Gasteiger partial charge is 0.361 e. The van der Waals surface area contributed by atoms with Crippen LogP contribution in [-0.2, 0) is 12.3 Å². The van der Waals surface area contributed by atoms with Crippen molar-refractivity contribution in [1.82, 2.24) is 15.5 Å². The van der Waals surface area contributed by atoms with Gasteiger partial charge in [0.05, 0.1) is 11.3 Å². The Kier molecular flexibility index (Phi) is 5.39. The number of carbonyl (C=O) groups is 1. The number of nitrogens with one attached hydrogen (secondary N) is 1. The van der Waals surface area contributed by atoms with E-state index in [0.717, 1.165) is 22.4 Å². The van der Waals surface area contributed by atoms with Gasteiger partial charge in [-0.15, -0.1) is 0 Å². The van der Waals surface area contributed by atoms with Crippen LogP contribution in [0.3, 0.4) is 0 Å². The first-order chi connectivity index (χ1) is 13.7. The number of hydrogen-bond acceptors (Lipinski definition) is 5. The van der Waals surface area contributed by atoms with Crippen molar-refractivity contribution in [1.29, 1.82) is 0 Å². The van der Waals surface area contributed by atoms with Gasteiger partial charge in [0.1, 0.15) is 10.8 Å². The van der Waals surface area contributed by atoms with Gasteiger partial charge in [0.2, 0.25) is 0 Å². The quantitative estimate of drug-likeness (QED) is 0.482. The molecule has 4 aromatic rings. The lowest BCUT2D eigenvalue weighted by atomic mass is 10.1. The number of carbonyl (C=O) groups excluding carboxylic acids is 1. The lowest BCUT2D eigenvalue weighted by Gasteiger charge is -2.09. The number of rotatable bonds is 6. The summed E-state index contributed by atoms with van der Waals surface area (Å²) in [6, 6.07) is 19.8. The Balaban J connectivity index is 1.43. The maximum absolute atomic E-state index is 12.7. The molecule has 0 saturated heterocycles. The SMILES string of the molecule is Cc1cc(CSc2ncccc2C(=O)NCc2ccc3ccccc3c2)no1. The Hall–Kier alpha value is -3.12. The second-order valence-corrected chi connectivity index (χ2v) is 7.40. The van der Waals surface area contributed by atoms with E-state index in [4.69, 9.17) is 4.52 Å². The molecule has 6 heteroatoms. The van der Waals surface area contributed by atoms with Crippen LogP contribution in [-0.4, -0.2) is 16.0 Å². The molecular formula is C22H19N3O2S. The summed E-state index contributed by atoms with van der Waals surface area (Å²) in [6.45, 7) is 2.32. The van der Waals surface area contributed by atoms with Crippen molar-refractivity contribution in [3.05, 3.63) is 89.4 Å².